The van der Waals surface area contributed by atoms with Crippen molar-refractivity contribution in [3.63, 3.8) is 0 Å². The maximum atomic E-state index is 8.90. The molecule has 5 heteroatoms. The van der Waals surface area contributed by atoms with Crippen LogP contribution in [0.15, 0.2) is 53.5 Å². The molecule has 30 heavy (non-hydrogen) atoms. The number of aliphatic imine (C=N–C) groups is 1. The van der Waals surface area contributed by atoms with Crippen molar-refractivity contribution < 1.29 is 0 Å². The van der Waals surface area contributed by atoms with Crippen LogP contribution in [0.5, 0.6) is 0 Å². The van der Waals surface area contributed by atoms with Gasteiger partial charge in [-0.2, -0.15) is 5.26 Å². The highest BCUT2D eigenvalue weighted by Gasteiger charge is 2.21. The highest BCUT2D eigenvalue weighted by molar-refractivity contribution is 5.80. The average Bonchev–Trinajstić information content (AvgIpc) is 2.77. The van der Waals surface area contributed by atoms with Gasteiger partial charge in [-0.1, -0.05) is 45.0 Å². The van der Waals surface area contributed by atoms with Crippen LogP contribution in [0, 0.1) is 11.3 Å². The zero-order valence-electron chi connectivity index (χ0n) is 18.6. The monoisotopic (exact) mass is 403 g/mol. The molecule has 1 fully saturated rings. The van der Waals surface area contributed by atoms with Gasteiger partial charge < -0.3 is 15.5 Å². The maximum Gasteiger partial charge on any atom is 0.191 e. The molecule has 1 heterocycles. The molecule has 1 aliphatic heterocycles. The summed E-state index contributed by atoms with van der Waals surface area (Å²) in [6.07, 6.45) is 2.16. The van der Waals surface area contributed by atoms with E-state index in [4.69, 9.17) is 5.26 Å². The van der Waals surface area contributed by atoms with Gasteiger partial charge in [-0.25, -0.2) is 0 Å². The van der Waals surface area contributed by atoms with Crippen molar-refractivity contribution in [1.29, 1.82) is 5.26 Å². The second-order valence-corrected chi connectivity index (χ2v) is 8.94. The van der Waals surface area contributed by atoms with Gasteiger partial charge in [-0.15, -0.1) is 0 Å². The zero-order chi connectivity index (χ0) is 21.6. The van der Waals surface area contributed by atoms with Crippen LogP contribution in [0.3, 0.4) is 0 Å². The number of hydrogen-bond acceptors (Lipinski definition) is 3. The molecule has 1 saturated heterocycles. The van der Waals surface area contributed by atoms with Gasteiger partial charge >= 0.3 is 0 Å². The van der Waals surface area contributed by atoms with Gasteiger partial charge in [0.1, 0.15) is 0 Å². The van der Waals surface area contributed by atoms with Gasteiger partial charge in [0.2, 0.25) is 0 Å². The molecule has 3 rings (SSSR count). The third kappa shape index (κ3) is 5.76. The number of nitrogens with one attached hydrogen (secondary N) is 2. The molecule has 1 aliphatic rings. The van der Waals surface area contributed by atoms with Crippen LogP contribution in [0.1, 0.15) is 50.3 Å². The molecule has 0 atom stereocenters. The molecule has 0 aromatic heterocycles. The highest BCUT2D eigenvalue weighted by atomic mass is 15.2. The fourth-order valence-corrected chi connectivity index (χ4v) is 3.73. The van der Waals surface area contributed by atoms with Gasteiger partial charge in [-0.3, -0.25) is 4.99 Å². The summed E-state index contributed by atoms with van der Waals surface area (Å²) < 4.78 is 0. The fraction of sp³-hybridized carbons (Fsp3) is 0.440. The Morgan fingerprint density at radius 1 is 1.07 bits per heavy atom. The Labute approximate surface area is 180 Å². The lowest BCUT2D eigenvalue weighted by Gasteiger charge is -2.35. The minimum atomic E-state index is 0.191. The molecular weight excluding hydrogens is 370 g/mol. The average molecular weight is 404 g/mol. The first-order valence-electron chi connectivity index (χ1n) is 10.7. The molecule has 0 bridgehead atoms. The second kappa shape index (κ2) is 9.67. The van der Waals surface area contributed by atoms with Crippen molar-refractivity contribution in [2.45, 2.75) is 51.6 Å². The van der Waals surface area contributed by atoms with Gasteiger partial charge in [0.15, 0.2) is 5.96 Å². The fourth-order valence-electron chi connectivity index (χ4n) is 3.73. The summed E-state index contributed by atoms with van der Waals surface area (Å²) >= 11 is 0. The summed E-state index contributed by atoms with van der Waals surface area (Å²) in [5.74, 6) is 0.826. The summed E-state index contributed by atoms with van der Waals surface area (Å²) in [4.78, 5) is 6.84. The SMILES string of the molecule is CN=C(NCc1ccc(C#N)cc1)NC1CCN(c2ccc(C(C)(C)C)cc2)CC1. The molecule has 0 amide bonds. The highest BCUT2D eigenvalue weighted by Crippen LogP contribution is 2.26. The Bertz CT molecular complexity index is 877. The summed E-state index contributed by atoms with van der Waals surface area (Å²) in [5.41, 5.74) is 4.69. The molecule has 158 valence electrons. The van der Waals surface area contributed by atoms with E-state index in [9.17, 15) is 0 Å². The number of hydrogen-bond donors (Lipinski definition) is 2. The summed E-state index contributed by atoms with van der Waals surface area (Å²) in [6.45, 7) is 9.52. The van der Waals surface area contributed by atoms with E-state index in [2.05, 4.69) is 71.6 Å². The van der Waals surface area contributed by atoms with Crippen molar-refractivity contribution >= 4 is 11.6 Å². The molecule has 5 nitrogen and oxygen atoms in total. The van der Waals surface area contributed by atoms with Crippen LogP contribution < -0.4 is 15.5 Å². The number of rotatable bonds is 4. The molecule has 2 aromatic rings. The van der Waals surface area contributed by atoms with Crippen LogP contribution in [0.2, 0.25) is 0 Å². The minimum absolute atomic E-state index is 0.191. The third-order valence-corrected chi connectivity index (χ3v) is 5.70. The van der Waals surface area contributed by atoms with Crippen molar-refractivity contribution in [2.75, 3.05) is 25.0 Å². The molecule has 0 aliphatic carbocycles. The normalized spacial score (nSPS) is 15.6. The van der Waals surface area contributed by atoms with Crippen molar-refractivity contribution in [2.24, 2.45) is 4.99 Å². The lowest BCUT2D eigenvalue weighted by atomic mass is 9.87. The third-order valence-electron chi connectivity index (χ3n) is 5.70. The van der Waals surface area contributed by atoms with Gasteiger partial charge in [-0.05, 0) is 53.6 Å². The van der Waals surface area contributed by atoms with E-state index in [1.54, 1.807) is 7.05 Å². The van der Waals surface area contributed by atoms with E-state index in [-0.39, 0.29) is 5.41 Å². The smallest absolute Gasteiger partial charge is 0.191 e. The number of nitrogens with zero attached hydrogens (tertiary/aromatic N) is 3. The summed E-state index contributed by atoms with van der Waals surface area (Å²) in [5, 5.41) is 15.8. The van der Waals surface area contributed by atoms with E-state index in [0.717, 1.165) is 37.5 Å². The predicted octanol–water partition coefficient (Wildman–Crippen LogP) is 4.19. The van der Waals surface area contributed by atoms with Gasteiger partial charge in [0.05, 0.1) is 11.6 Å². The van der Waals surface area contributed by atoms with Gasteiger partial charge in [0, 0.05) is 38.4 Å². The first-order valence-corrected chi connectivity index (χ1v) is 10.7. The molecule has 0 radical (unpaired) electrons. The summed E-state index contributed by atoms with van der Waals surface area (Å²) in [6, 6.07) is 19.2. The maximum absolute atomic E-state index is 8.90. The topological polar surface area (TPSA) is 63.5 Å². The van der Waals surface area contributed by atoms with Crippen LogP contribution in [0.25, 0.3) is 0 Å². The van der Waals surface area contributed by atoms with Crippen LogP contribution in [0.4, 0.5) is 5.69 Å². The van der Waals surface area contributed by atoms with Crippen molar-refractivity contribution in [1.82, 2.24) is 10.6 Å². The van der Waals surface area contributed by atoms with E-state index in [0.29, 0.717) is 18.2 Å². The quantitative estimate of drug-likeness (QED) is 0.593. The Balaban J connectivity index is 1.47. The zero-order valence-corrected chi connectivity index (χ0v) is 18.6. The minimum Gasteiger partial charge on any atom is -0.371 e. The van der Waals surface area contributed by atoms with Crippen molar-refractivity contribution in [3.05, 3.63) is 65.2 Å². The summed E-state index contributed by atoms with van der Waals surface area (Å²) in [7, 11) is 1.81. The predicted molar refractivity (Wildman–Crippen MR) is 125 cm³/mol. The second-order valence-electron chi connectivity index (χ2n) is 8.94. The van der Waals surface area contributed by atoms with E-state index >= 15 is 0 Å². The van der Waals surface area contributed by atoms with E-state index in [1.165, 1.54) is 11.3 Å². The Morgan fingerprint density at radius 2 is 1.70 bits per heavy atom. The van der Waals surface area contributed by atoms with Gasteiger partial charge in [0.25, 0.3) is 0 Å². The van der Waals surface area contributed by atoms with Crippen LogP contribution in [-0.2, 0) is 12.0 Å². The van der Waals surface area contributed by atoms with Crippen LogP contribution >= 0.6 is 0 Å². The molecule has 0 unspecified atom stereocenters. The lowest BCUT2D eigenvalue weighted by molar-refractivity contribution is 0.461. The van der Waals surface area contributed by atoms with Crippen molar-refractivity contribution in [3.8, 4) is 6.07 Å². The number of anilines is 1. The first kappa shape index (κ1) is 21.7. The number of piperidine rings is 1. The Kier molecular flexibility index (Phi) is 6.99. The van der Waals surface area contributed by atoms with E-state index < -0.39 is 0 Å². The molecule has 0 spiro atoms. The van der Waals surface area contributed by atoms with E-state index in [1.807, 2.05) is 24.3 Å². The Morgan fingerprint density at radius 3 is 2.23 bits per heavy atom. The largest absolute Gasteiger partial charge is 0.371 e. The number of nitriles is 1. The number of guanidine groups is 1. The standard InChI is InChI=1S/C25H33N5/c1-25(2,3)21-9-11-23(12-10-21)30-15-13-22(14-16-30)29-24(27-4)28-18-20-7-5-19(17-26)6-8-20/h5-12,22H,13-16,18H2,1-4H3,(H2,27,28,29). The molecular formula is C25H33N5. The Hall–Kier alpha value is -3.00. The molecule has 2 N–H and O–H groups in total. The molecule has 2 aromatic carbocycles. The lowest BCUT2D eigenvalue weighted by Crippen LogP contribution is -2.48. The van der Waals surface area contributed by atoms with Crippen LogP contribution in [-0.4, -0.2) is 32.1 Å². The number of benzene rings is 2. The first-order chi connectivity index (χ1) is 14.4. The molecule has 0 saturated carbocycles.